The Morgan fingerprint density at radius 3 is 2.29 bits per heavy atom. The molecule has 7 nitrogen and oxygen atoms in total. The van der Waals surface area contributed by atoms with Crippen molar-refractivity contribution < 1.29 is 17.2 Å². The van der Waals surface area contributed by atoms with Crippen LogP contribution < -0.4 is 10.5 Å². The third-order valence-electron chi connectivity index (χ3n) is 6.52. The Kier molecular flexibility index (Phi) is 6.26. The molecule has 2 aromatic heterocycles. The first-order valence-electron chi connectivity index (χ1n) is 11.2. The zero-order valence-electron chi connectivity index (χ0n) is 18.4. The van der Waals surface area contributed by atoms with Gasteiger partial charge in [-0.15, -0.1) is 11.3 Å². The summed E-state index contributed by atoms with van der Waals surface area (Å²) in [6, 6.07) is 6.24. The normalized spacial score (nSPS) is 18.0. The number of nitrogens with zero attached hydrogens (tertiary/aromatic N) is 4. The molecular formula is C23H24F2N4O3S2. The molecule has 1 aliphatic carbocycles. The van der Waals surface area contributed by atoms with Gasteiger partial charge in [0.1, 0.15) is 15.8 Å². The van der Waals surface area contributed by atoms with Crippen LogP contribution in [-0.2, 0) is 10.0 Å². The number of aromatic nitrogens is 2. The van der Waals surface area contributed by atoms with Crippen molar-refractivity contribution in [3.63, 3.8) is 0 Å². The molecule has 0 radical (unpaired) electrons. The first-order valence-corrected chi connectivity index (χ1v) is 13.5. The van der Waals surface area contributed by atoms with Gasteiger partial charge in [0.15, 0.2) is 0 Å². The molecule has 1 saturated heterocycles. The van der Waals surface area contributed by atoms with Crippen LogP contribution in [0.25, 0.3) is 5.69 Å². The van der Waals surface area contributed by atoms with Gasteiger partial charge in [-0.05, 0) is 42.3 Å². The topological polar surface area (TPSA) is 75.5 Å². The highest BCUT2D eigenvalue weighted by Gasteiger charge is 2.32. The number of rotatable bonds is 5. The van der Waals surface area contributed by atoms with Crippen LogP contribution >= 0.6 is 11.3 Å². The lowest BCUT2D eigenvalue weighted by molar-refractivity contribution is 0.385. The van der Waals surface area contributed by atoms with E-state index in [1.54, 1.807) is 23.7 Å². The highest BCUT2D eigenvalue weighted by atomic mass is 32.2. The molecule has 2 aliphatic rings. The molecule has 1 aliphatic heterocycles. The van der Waals surface area contributed by atoms with Crippen LogP contribution in [0.1, 0.15) is 37.2 Å². The highest BCUT2D eigenvalue weighted by Crippen LogP contribution is 2.37. The summed E-state index contributed by atoms with van der Waals surface area (Å²) in [5.41, 5.74) is 0.924. The Bertz CT molecular complexity index is 1320. The van der Waals surface area contributed by atoms with Crippen molar-refractivity contribution in [2.45, 2.75) is 35.8 Å². The van der Waals surface area contributed by atoms with Crippen molar-refractivity contribution in [1.82, 2.24) is 14.1 Å². The molecule has 34 heavy (non-hydrogen) atoms. The minimum atomic E-state index is -3.54. The standard InChI is InChI=1S/C23H24F2N4O3S2/c24-17-12-18(25)14-19(13-17)29-23(30)22(16-4-1-2-5-16)20(15-26-29)27-7-9-28(10-8-27)34(31,32)21-6-3-11-33-21/h3,6,11-16H,1-2,4-5,7-10H2. The van der Waals surface area contributed by atoms with Crippen LogP contribution in [0.5, 0.6) is 0 Å². The first-order chi connectivity index (χ1) is 16.3. The molecule has 3 heterocycles. The van der Waals surface area contributed by atoms with Crippen LogP contribution in [0.2, 0.25) is 0 Å². The number of piperazine rings is 1. The molecule has 0 atom stereocenters. The van der Waals surface area contributed by atoms with Gasteiger partial charge in [-0.1, -0.05) is 18.9 Å². The summed E-state index contributed by atoms with van der Waals surface area (Å²) in [6.45, 7) is 1.43. The van der Waals surface area contributed by atoms with Crippen molar-refractivity contribution >= 4 is 27.0 Å². The maximum atomic E-state index is 13.8. The third kappa shape index (κ3) is 4.27. The van der Waals surface area contributed by atoms with Gasteiger partial charge in [0.25, 0.3) is 15.6 Å². The van der Waals surface area contributed by atoms with E-state index in [2.05, 4.69) is 5.10 Å². The van der Waals surface area contributed by atoms with Gasteiger partial charge in [-0.3, -0.25) is 4.79 Å². The summed E-state index contributed by atoms with van der Waals surface area (Å²) >= 11 is 1.19. The summed E-state index contributed by atoms with van der Waals surface area (Å²) in [5.74, 6) is -1.53. The molecule has 0 bridgehead atoms. The van der Waals surface area contributed by atoms with Crippen LogP contribution in [0.3, 0.4) is 0 Å². The Balaban J connectivity index is 1.47. The molecule has 11 heteroatoms. The molecule has 5 rings (SSSR count). The fraction of sp³-hybridized carbons (Fsp3) is 0.391. The fourth-order valence-corrected chi connectivity index (χ4v) is 7.43. The largest absolute Gasteiger partial charge is 0.367 e. The molecule has 0 amide bonds. The Hall–Kier alpha value is -2.63. The summed E-state index contributed by atoms with van der Waals surface area (Å²) in [6.07, 6.45) is 5.30. The third-order valence-corrected chi connectivity index (χ3v) is 9.79. The van der Waals surface area contributed by atoms with Gasteiger partial charge in [-0.25, -0.2) is 17.2 Å². The second-order valence-corrected chi connectivity index (χ2v) is 11.7. The summed E-state index contributed by atoms with van der Waals surface area (Å²) < 4.78 is 56.2. The van der Waals surface area contributed by atoms with Gasteiger partial charge in [0, 0.05) is 37.8 Å². The zero-order chi connectivity index (χ0) is 23.9. The van der Waals surface area contributed by atoms with Crippen LogP contribution in [0, 0.1) is 11.6 Å². The lowest BCUT2D eigenvalue weighted by atomic mass is 9.97. The molecular weight excluding hydrogens is 482 g/mol. The summed E-state index contributed by atoms with van der Waals surface area (Å²) in [7, 11) is -3.54. The smallest absolute Gasteiger partial charge is 0.277 e. The van der Waals surface area contributed by atoms with Crippen molar-refractivity contribution in [3.05, 3.63) is 69.5 Å². The Labute approximate surface area is 200 Å². The maximum absolute atomic E-state index is 13.8. The molecule has 3 aromatic rings. The van der Waals surface area contributed by atoms with E-state index in [4.69, 9.17) is 0 Å². The van der Waals surface area contributed by atoms with E-state index < -0.39 is 21.7 Å². The minimum Gasteiger partial charge on any atom is -0.367 e. The van der Waals surface area contributed by atoms with Gasteiger partial charge in [-0.2, -0.15) is 14.1 Å². The summed E-state index contributed by atoms with van der Waals surface area (Å²) in [5, 5.41) is 5.98. The number of hydrogen-bond acceptors (Lipinski definition) is 6. The van der Waals surface area contributed by atoms with Gasteiger partial charge >= 0.3 is 0 Å². The van der Waals surface area contributed by atoms with E-state index in [9.17, 15) is 22.0 Å². The van der Waals surface area contributed by atoms with Crippen LogP contribution in [0.4, 0.5) is 14.5 Å². The number of anilines is 1. The predicted octanol–water partition coefficient (Wildman–Crippen LogP) is 3.74. The second kappa shape index (κ2) is 9.20. The van der Waals surface area contributed by atoms with Crippen LogP contribution in [0.15, 0.2) is 50.9 Å². The number of sulfonamides is 1. The Morgan fingerprint density at radius 1 is 1.00 bits per heavy atom. The van der Waals surface area contributed by atoms with Gasteiger partial charge in [0.2, 0.25) is 0 Å². The SMILES string of the molecule is O=c1c(C2CCCC2)c(N2CCN(S(=O)(=O)c3cccs3)CC2)cnn1-c1cc(F)cc(F)c1. The number of thiophene rings is 1. The molecule has 0 unspecified atom stereocenters. The van der Waals surface area contributed by atoms with Crippen LogP contribution in [-0.4, -0.2) is 48.7 Å². The quantitative estimate of drug-likeness (QED) is 0.527. The second-order valence-electron chi connectivity index (χ2n) is 8.59. The average Bonchev–Trinajstić information content (AvgIpc) is 3.53. The van der Waals surface area contributed by atoms with E-state index in [1.165, 1.54) is 15.6 Å². The number of benzene rings is 1. The van der Waals surface area contributed by atoms with E-state index in [1.807, 2.05) is 4.90 Å². The van der Waals surface area contributed by atoms with Gasteiger partial charge in [0.05, 0.1) is 17.6 Å². The van der Waals surface area contributed by atoms with E-state index in [0.717, 1.165) is 48.6 Å². The zero-order valence-corrected chi connectivity index (χ0v) is 20.0. The van der Waals surface area contributed by atoms with Gasteiger partial charge < -0.3 is 4.90 Å². The van der Waals surface area contributed by atoms with Crippen molar-refractivity contribution in [1.29, 1.82) is 0 Å². The molecule has 2 fully saturated rings. The molecule has 0 N–H and O–H groups in total. The minimum absolute atomic E-state index is 0.0306. The lowest BCUT2D eigenvalue weighted by Crippen LogP contribution is -2.49. The fourth-order valence-electron chi connectivity index (χ4n) is 4.86. The van der Waals surface area contributed by atoms with Crippen molar-refractivity contribution in [3.8, 4) is 5.69 Å². The lowest BCUT2D eigenvalue weighted by Gasteiger charge is -2.36. The molecule has 180 valence electrons. The maximum Gasteiger partial charge on any atom is 0.277 e. The molecule has 1 saturated carbocycles. The number of hydrogen-bond donors (Lipinski definition) is 0. The highest BCUT2D eigenvalue weighted by molar-refractivity contribution is 7.91. The monoisotopic (exact) mass is 506 g/mol. The molecule has 1 aromatic carbocycles. The first kappa shape index (κ1) is 23.1. The van der Waals surface area contributed by atoms with Crippen molar-refractivity contribution in [2.24, 2.45) is 0 Å². The van der Waals surface area contributed by atoms with Crippen molar-refractivity contribution in [2.75, 3.05) is 31.1 Å². The van der Waals surface area contributed by atoms with E-state index in [0.29, 0.717) is 41.6 Å². The summed E-state index contributed by atoms with van der Waals surface area (Å²) in [4.78, 5) is 15.5. The predicted molar refractivity (Wildman–Crippen MR) is 126 cm³/mol. The molecule has 0 spiro atoms. The Morgan fingerprint density at radius 2 is 1.68 bits per heavy atom. The number of halogens is 2. The van der Waals surface area contributed by atoms with E-state index in [-0.39, 0.29) is 17.2 Å². The van der Waals surface area contributed by atoms with E-state index >= 15 is 0 Å². The average molecular weight is 507 g/mol.